The number of carbonyl (C=O) groups is 2. The number of rotatable bonds is 1. The predicted molar refractivity (Wildman–Crippen MR) is 54.1 cm³/mol. The summed E-state index contributed by atoms with van der Waals surface area (Å²) in [5, 5.41) is 0. The highest BCUT2D eigenvalue weighted by atomic mass is 16.5. The summed E-state index contributed by atoms with van der Waals surface area (Å²) >= 11 is 0. The number of ether oxygens (including phenoxy) is 1. The topological polar surface area (TPSA) is 46.6 Å². The number of hydrogen-bond acceptors (Lipinski definition) is 3. The number of amides is 1. The molecule has 2 rings (SSSR count). The van der Waals surface area contributed by atoms with Crippen LogP contribution in [0.2, 0.25) is 0 Å². The van der Waals surface area contributed by atoms with Gasteiger partial charge < -0.3 is 9.64 Å². The third-order valence-corrected chi connectivity index (χ3v) is 3.27. The molecule has 1 saturated heterocycles. The summed E-state index contributed by atoms with van der Waals surface area (Å²) in [6.45, 7) is 0.676. The van der Waals surface area contributed by atoms with Gasteiger partial charge in [-0.25, -0.2) is 4.79 Å². The van der Waals surface area contributed by atoms with Crippen molar-refractivity contribution in [3.05, 3.63) is 12.2 Å². The summed E-state index contributed by atoms with van der Waals surface area (Å²) < 4.78 is 4.83. The van der Waals surface area contributed by atoms with Gasteiger partial charge in [0.1, 0.15) is 5.54 Å². The van der Waals surface area contributed by atoms with Crippen LogP contribution in [0.1, 0.15) is 25.7 Å². The van der Waals surface area contributed by atoms with Crippen molar-refractivity contribution >= 4 is 11.9 Å². The molecular formula is C11H15NO3. The highest BCUT2D eigenvalue weighted by molar-refractivity contribution is 5.90. The van der Waals surface area contributed by atoms with E-state index in [9.17, 15) is 9.59 Å². The standard InChI is InChI=1S/C11H15NO3/c1-15-10(14)11-6-3-2-5-9(13)12(11)8-4-7-11/h2-3H,4-8H2,1H3/t11-/m0/s1. The molecule has 0 bridgehead atoms. The summed E-state index contributed by atoms with van der Waals surface area (Å²) in [5.41, 5.74) is -0.709. The Hall–Kier alpha value is -1.32. The van der Waals surface area contributed by atoms with E-state index in [2.05, 4.69) is 0 Å². The number of nitrogens with zero attached hydrogens (tertiary/aromatic N) is 1. The van der Waals surface area contributed by atoms with Crippen LogP contribution < -0.4 is 0 Å². The van der Waals surface area contributed by atoms with E-state index in [4.69, 9.17) is 4.74 Å². The summed E-state index contributed by atoms with van der Waals surface area (Å²) in [7, 11) is 1.38. The second-order valence-electron chi connectivity index (χ2n) is 4.05. The van der Waals surface area contributed by atoms with E-state index in [0.29, 0.717) is 19.4 Å². The predicted octanol–water partition coefficient (Wildman–Crippen LogP) is 0.871. The SMILES string of the molecule is COC(=O)[C@@]12CC=CCC(=O)N1CCC2. The number of esters is 1. The van der Waals surface area contributed by atoms with Crippen molar-refractivity contribution in [2.45, 2.75) is 31.2 Å². The van der Waals surface area contributed by atoms with Crippen LogP contribution in [0.25, 0.3) is 0 Å². The van der Waals surface area contributed by atoms with Crippen molar-refractivity contribution in [3.8, 4) is 0 Å². The van der Waals surface area contributed by atoms with E-state index in [1.54, 1.807) is 4.90 Å². The van der Waals surface area contributed by atoms with Crippen LogP contribution in [0.3, 0.4) is 0 Å². The zero-order valence-electron chi connectivity index (χ0n) is 8.86. The maximum Gasteiger partial charge on any atom is 0.332 e. The molecule has 4 nitrogen and oxygen atoms in total. The molecule has 0 aliphatic carbocycles. The molecule has 2 aliphatic rings. The molecule has 0 aromatic heterocycles. The van der Waals surface area contributed by atoms with Crippen LogP contribution in [0, 0.1) is 0 Å². The lowest BCUT2D eigenvalue weighted by molar-refractivity contribution is -0.158. The number of fused-ring (bicyclic) bond motifs is 1. The van der Waals surface area contributed by atoms with Crippen LogP contribution in [0.4, 0.5) is 0 Å². The molecule has 0 unspecified atom stereocenters. The second-order valence-corrected chi connectivity index (χ2v) is 4.05. The first-order chi connectivity index (χ1) is 7.20. The molecular weight excluding hydrogens is 194 g/mol. The van der Waals surface area contributed by atoms with Crippen LogP contribution in [-0.4, -0.2) is 36.0 Å². The molecule has 1 amide bonds. The van der Waals surface area contributed by atoms with E-state index < -0.39 is 5.54 Å². The molecule has 15 heavy (non-hydrogen) atoms. The molecule has 0 radical (unpaired) electrons. The molecule has 4 heteroatoms. The fraction of sp³-hybridized carbons (Fsp3) is 0.636. The van der Waals surface area contributed by atoms with E-state index in [-0.39, 0.29) is 11.9 Å². The largest absolute Gasteiger partial charge is 0.467 e. The fourth-order valence-corrected chi connectivity index (χ4v) is 2.51. The average Bonchev–Trinajstić information content (AvgIpc) is 2.62. The zero-order valence-corrected chi connectivity index (χ0v) is 8.86. The van der Waals surface area contributed by atoms with Gasteiger partial charge in [-0.3, -0.25) is 4.79 Å². The molecule has 82 valence electrons. The average molecular weight is 209 g/mol. The first kappa shape index (κ1) is 10.2. The minimum absolute atomic E-state index is 0.0339. The lowest BCUT2D eigenvalue weighted by Crippen LogP contribution is -2.52. The third kappa shape index (κ3) is 1.44. The summed E-state index contributed by atoms with van der Waals surface area (Å²) in [6.07, 6.45) is 6.35. The van der Waals surface area contributed by atoms with Crippen LogP contribution in [-0.2, 0) is 14.3 Å². The van der Waals surface area contributed by atoms with Crippen molar-refractivity contribution in [3.63, 3.8) is 0 Å². The monoisotopic (exact) mass is 209 g/mol. The number of methoxy groups -OCH3 is 1. The summed E-state index contributed by atoms with van der Waals surface area (Å²) in [5.74, 6) is -0.244. The molecule has 0 N–H and O–H groups in total. The van der Waals surface area contributed by atoms with Gasteiger partial charge in [0.05, 0.1) is 7.11 Å². The van der Waals surface area contributed by atoms with Crippen LogP contribution in [0.5, 0.6) is 0 Å². The Morgan fingerprint density at radius 3 is 3.07 bits per heavy atom. The molecule has 0 spiro atoms. The van der Waals surface area contributed by atoms with E-state index >= 15 is 0 Å². The number of carbonyl (C=O) groups excluding carboxylic acids is 2. The minimum Gasteiger partial charge on any atom is -0.467 e. The maximum absolute atomic E-state index is 11.8. The highest BCUT2D eigenvalue weighted by Gasteiger charge is 2.50. The Morgan fingerprint density at radius 2 is 2.33 bits per heavy atom. The Kier molecular flexibility index (Phi) is 2.50. The van der Waals surface area contributed by atoms with E-state index in [0.717, 1.165) is 12.8 Å². The van der Waals surface area contributed by atoms with E-state index in [1.165, 1.54) is 7.11 Å². The Morgan fingerprint density at radius 1 is 1.53 bits per heavy atom. The van der Waals surface area contributed by atoms with Crippen LogP contribution >= 0.6 is 0 Å². The Bertz CT molecular complexity index is 324. The zero-order chi connectivity index (χ0) is 10.9. The highest BCUT2D eigenvalue weighted by Crippen LogP contribution is 2.36. The van der Waals surface area contributed by atoms with Gasteiger partial charge in [0.25, 0.3) is 0 Å². The Labute approximate surface area is 88.9 Å². The van der Waals surface area contributed by atoms with Gasteiger partial charge in [-0.15, -0.1) is 0 Å². The van der Waals surface area contributed by atoms with Gasteiger partial charge in [-0.05, 0) is 19.3 Å². The number of hydrogen-bond donors (Lipinski definition) is 0. The lowest BCUT2D eigenvalue weighted by atomic mass is 9.92. The van der Waals surface area contributed by atoms with Gasteiger partial charge in [0.2, 0.25) is 5.91 Å². The normalized spacial score (nSPS) is 29.9. The van der Waals surface area contributed by atoms with Crippen molar-refractivity contribution in [2.24, 2.45) is 0 Å². The fourth-order valence-electron chi connectivity index (χ4n) is 2.51. The van der Waals surface area contributed by atoms with E-state index in [1.807, 2.05) is 12.2 Å². The maximum atomic E-state index is 11.8. The molecule has 2 heterocycles. The first-order valence-electron chi connectivity index (χ1n) is 5.24. The molecule has 2 aliphatic heterocycles. The van der Waals surface area contributed by atoms with Gasteiger partial charge in [0, 0.05) is 13.0 Å². The molecule has 1 atom stereocenters. The Balaban J connectivity index is 2.36. The third-order valence-electron chi connectivity index (χ3n) is 3.27. The minimum atomic E-state index is -0.709. The summed E-state index contributed by atoms with van der Waals surface area (Å²) in [4.78, 5) is 25.3. The smallest absolute Gasteiger partial charge is 0.332 e. The molecule has 0 saturated carbocycles. The second kappa shape index (κ2) is 3.68. The molecule has 1 fully saturated rings. The van der Waals surface area contributed by atoms with Crippen molar-refractivity contribution < 1.29 is 14.3 Å². The summed E-state index contributed by atoms with van der Waals surface area (Å²) in [6, 6.07) is 0. The lowest BCUT2D eigenvalue weighted by Gasteiger charge is -2.33. The van der Waals surface area contributed by atoms with Gasteiger partial charge in [-0.2, -0.15) is 0 Å². The van der Waals surface area contributed by atoms with Crippen LogP contribution in [0.15, 0.2) is 12.2 Å². The van der Waals surface area contributed by atoms with Gasteiger partial charge >= 0.3 is 5.97 Å². The molecule has 0 aromatic carbocycles. The molecule has 0 aromatic rings. The van der Waals surface area contributed by atoms with Gasteiger partial charge in [-0.1, -0.05) is 12.2 Å². The van der Waals surface area contributed by atoms with Gasteiger partial charge in [0.15, 0.2) is 0 Å². The van der Waals surface area contributed by atoms with Crippen molar-refractivity contribution in [2.75, 3.05) is 13.7 Å². The van der Waals surface area contributed by atoms with Crippen molar-refractivity contribution in [1.82, 2.24) is 4.90 Å². The quantitative estimate of drug-likeness (QED) is 0.475. The first-order valence-corrected chi connectivity index (χ1v) is 5.24. The van der Waals surface area contributed by atoms with Crippen molar-refractivity contribution in [1.29, 1.82) is 0 Å².